The lowest BCUT2D eigenvalue weighted by Crippen LogP contribution is -2.37. The number of hydrogen-bond acceptors (Lipinski definition) is 3. The van der Waals surface area contributed by atoms with Gasteiger partial charge >= 0.3 is 0 Å². The fourth-order valence-electron chi connectivity index (χ4n) is 2.39. The Morgan fingerprint density at radius 3 is 2.94 bits per heavy atom. The topological polar surface area (TPSA) is 50.9 Å². The van der Waals surface area contributed by atoms with Crippen LogP contribution in [0.1, 0.15) is 37.8 Å². The first-order valence-corrected chi connectivity index (χ1v) is 6.45. The third-order valence-corrected chi connectivity index (χ3v) is 3.39. The molecular formula is C14H21N3. The zero-order valence-electron chi connectivity index (χ0n) is 10.2. The summed E-state index contributed by atoms with van der Waals surface area (Å²) < 4.78 is 0. The van der Waals surface area contributed by atoms with Crippen LogP contribution in [0, 0.1) is 0 Å². The van der Waals surface area contributed by atoms with Crippen LogP contribution in [-0.2, 0) is 6.42 Å². The van der Waals surface area contributed by atoms with E-state index in [4.69, 9.17) is 5.84 Å². The molecule has 1 aromatic rings. The van der Waals surface area contributed by atoms with E-state index in [1.807, 2.05) is 18.3 Å². The molecule has 3 N–H and O–H groups in total. The number of rotatable bonds is 5. The van der Waals surface area contributed by atoms with E-state index in [2.05, 4.69) is 22.6 Å². The van der Waals surface area contributed by atoms with Crippen molar-refractivity contribution in [1.82, 2.24) is 10.4 Å². The standard InChI is InChI=1S/C14H21N3/c15-17-14(12-6-2-1-3-7-12)10-9-13-8-4-5-11-16-13/h4-6,8,11,14,17H,1-3,7,9-10,15H2. The third-order valence-electron chi connectivity index (χ3n) is 3.39. The minimum absolute atomic E-state index is 0.317. The number of aryl methyl sites for hydroxylation is 1. The van der Waals surface area contributed by atoms with Crippen molar-refractivity contribution in [1.29, 1.82) is 0 Å². The summed E-state index contributed by atoms with van der Waals surface area (Å²) in [5.41, 5.74) is 5.57. The van der Waals surface area contributed by atoms with Crippen LogP contribution in [0.3, 0.4) is 0 Å². The molecule has 0 saturated heterocycles. The Labute approximate surface area is 103 Å². The predicted molar refractivity (Wildman–Crippen MR) is 70.2 cm³/mol. The van der Waals surface area contributed by atoms with Crippen LogP contribution < -0.4 is 11.3 Å². The Hall–Kier alpha value is -1.19. The maximum atomic E-state index is 5.66. The Bertz CT molecular complexity index is 359. The van der Waals surface area contributed by atoms with E-state index >= 15 is 0 Å². The van der Waals surface area contributed by atoms with Crippen molar-refractivity contribution in [2.75, 3.05) is 0 Å². The van der Waals surface area contributed by atoms with Crippen molar-refractivity contribution >= 4 is 0 Å². The number of aromatic nitrogens is 1. The average Bonchev–Trinajstić information content (AvgIpc) is 2.42. The quantitative estimate of drug-likeness (QED) is 0.464. The van der Waals surface area contributed by atoms with Crippen LogP contribution in [-0.4, -0.2) is 11.0 Å². The summed E-state index contributed by atoms with van der Waals surface area (Å²) in [6, 6.07) is 6.37. The van der Waals surface area contributed by atoms with Crippen molar-refractivity contribution in [3.63, 3.8) is 0 Å². The molecule has 0 amide bonds. The third kappa shape index (κ3) is 3.65. The molecule has 0 saturated carbocycles. The van der Waals surface area contributed by atoms with E-state index in [0.29, 0.717) is 6.04 Å². The summed E-state index contributed by atoms with van der Waals surface area (Å²) in [5.74, 6) is 5.66. The van der Waals surface area contributed by atoms with Crippen molar-refractivity contribution in [2.24, 2.45) is 5.84 Å². The summed E-state index contributed by atoms with van der Waals surface area (Å²) in [7, 11) is 0. The van der Waals surface area contributed by atoms with Gasteiger partial charge in [-0.2, -0.15) is 0 Å². The number of allylic oxidation sites excluding steroid dienone is 1. The molecule has 0 spiro atoms. The zero-order valence-corrected chi connectivity index (χ0v) is 10.2. The van der Waals surface area contributed by atoms with E-state index < -0.39 is 0 Å². The van der Waals surface area contributed by atoms with E-state index in [0.717, 1.165) is 18.5 Å². The van der Waals surface area contributed by atoms with Gasteiger partial charge in [-0.05, 0) is 50.7 Å². The lowest BCUT2D eigenvalue weighted by Gasteiger charge is -2.22. The minimum Gasteiger partial charge on any atom is -0.271 e. The van der Waals surface area contributed by atoms with Gasteiger partial charge < -0.3 is 0 Å². The second-order valence-electron chi connectivity index (χ2n) is 4.60. The molecule has 1 unspecified atom stereocenters. The average molecular weight is 231 g/mol. The minimum atomic E-state index is 0.317. The molecule has 2 rings (SSSR count). The van der Waals surface area contributed by atoms with Gasteiger partial charge in [-0.15, -0.1) is 0 Å². The molecule has 0 fully saturated rings. The molecule has 1 aliphatic rings. The van der Waals surface area contributed by atoms with Crippen molar-refractivity contribution in [2.45, 2.75) is 44.6 Å². The Balaban J connectivity index is 1.89. The van der Waals surface area contributed by atoms with Crippen molar-refractivity contribution in [3.05, 3.63) is 41.7 Å². The number of hydrogen-bond donors (Lipinski definition) is 2. The summed E-state index contributed by atoms with van der Waals surface area (Å²) >= 11 is 0. The molecule has 92 valence electrons. The second kappa shape index (κ2) is 6.52. The van der Waals surface area contributed by atoms with Crippen LogP contribution in [0.5, 0.6) is 0 Å². The van der Waals surface area contributed by atoms with Gasteiger partial charge in [0.1, 0.15) is 0 Å². The molecule has 0 aliphatic heterocycles. The predicted octanol–water partition coefficient (Wildman–Crippen LogP) is 2.35. The second-order valence-corrected chi connectivity index (χ2v) is 4.60. The molecule has 3 nitrogen and oxygen atoms in total. The highest BCUT2D eigenvalue weighted by Gasteiger charge is 2.14. The number of nitrogens with zero attached hydrogens (tertiary/aromatic N) is 1. The fourth-order valence-corrected chi connectivity index (χ4v) is 2.39. The largest absolute Gasteiger partial charge is 0.271 e. The van der Waals surface area contributed by atoms with E-state index in [1.54, 1.807) is 0 Å². The van der Waals surface area contributed by atoms with Gasteiger partial charge in [0, 0.05) is 17.9 Å². The molecule has 0 radical (unpaired) electrons. The highest BCUT2D eigenvalue weighted by atomic mass is 15.2. The first-order chi connectivity index (χ1) is 8.40. The molecular weight excluding hydrogens is 210 g/mol. The number of hydrazine groups is 1. The van der Waals surface area contributed by atoms with Gasteiger partial charge in [0.15, 0.2) is 0 Å². The van der Waals surface area contributed by atoms with E-state index in [1.165, 1.54) is 31.3 Å². The SMILES string of the molecule is NNC(CCc1ccccn1)C1=CCCCC1. The highest BCUT2D eigenvalue weighted by Crippen LogP contribution is 2.22. The maximum absolute atomic E-state index is 5.66. The zero-order chi connectivity index (χ0) is 11.9. The lowest BCUT2D eigenvalue weighted by molar-refractivity contribution is 0.513. The molecule has 3 heteroatoms. The fraction of sp³-hybridized carbons (Fsp3) is 0.500. The molecule has 0 bridgehead atoms. The van der Waals surface area contributed by atoms with Gasteiger partial charge in [0.05, 0.1) is 0 Å². The van der Waals surface area contributed by atoms with Gasteiger partial charge in [-0.25, -0.2) is 0 Å². The molecule has 1 atom stereocenters. The summed E-state index contributed by atoms with van der Waals surface area (Å²) in [6.45, 7) is 0. The van der Waals surface area contributed by atoms with Crippen LogP contribution >= 0.6 is 0 Å². The lowest BCUT2D eigenvalue weighted by atomic mass is 9.91. The molecule has 17 heavy (non-hydrogen) atoms. The number of nitrogens with one attached hydrogen (secondary N) is 1. The monoisotopic (exact) mass is 231 g/mol. The van der Waals surface area contributed by atoms with Crippen LogP contribution in [0.25, 0.3) is 0 Å². The molecule has 1 aromatic heterocycles. The number of pyridine rings is 1. The van der Waals surface area contributed by atoms with Crippen LogP contribution in [0.15, 0.2) is 36.0 Å². The molecule has 1 aliphatic carbocycles. The molecule has 0 aromatic carbocycles. The summed E-state index contributed by atoms with van der Waals surface area (Å²) in [4.78, 5) is 4.34. The van der Waals surface area contributed by atoms with Gasteiger partial charge in [0.2, 0.25) is 0 Å². The summed E-state index contributed by atoms with van der Waals surface area (Å²) in [5, 5.41) is 0. The van der Waals surface area contributed by atoms with Gasteiger partial charge in [-0.3, -0.25) is 16.3 Å². The smallest absolute Gasteiger partial charge is 0.0423 e. The number of nitrogens with two attached hydrogens (primary N) is 1. The van der Waals surface area contributed by atoms with Crippen LogP contribution in [0.2, 0.25) is 0 Å². The highest BCUT2D eigenvalue weighted by molar-refractivity contribution is 5.14. The molecule has 1 heterocycles. The van der Waals surface area contributed by atoms with Gasteiger partial charge in [0.25, 0.3) is 0 Å². The van der Waals surface area contributed by atoms with E-state index in [-0.39, 0.29) is 0 Å². The van der Waals surface area contributed by atoms with Crippen LogP contribution in [0.4, 0.5) is 0 Å². The first kappa shape index (κ1) is 12.3. The van der Waals surface area contributed by atoms with Crippen molar-refractivity contribution in [3.8, 4) is 0 Å². The Morgan fingerprint density at radius 1 is 1.35 bits per heavy atom. The normalized spacial score (nSPS) is 17.6. The maximum Gasteiger partial charge on any atom is 0.0423 e. The van der Waals surface area contributed by atoms with Gasteiger partial charge in [-0.1, -0.05) is 17.7 Å². The Morgan fingerprint density at radius 2 is 2.29 bits per heavy atom. The van der Waals surface area contributed by atoms with E-state index in [9.17, 15) is 0 Å². The first-order valence-electron chi connectivity index (χ1n) is 6.45. The Kier molecular flexibility index (Phi) is 4.71. The van der Waals surface area contributed by atoms with Crippen molar-refractivity contribution < 1.29 is 0 Å². The summed E-state index contributed by atoms with van der Waals surface area (Å²) in [6.07, 6.45) is 11.2.